The van der Waals surface area contributed by atoms with Gasteiger partial charge >= 0.3 is 0 Å². The van der Waals surface area contributed by atoms with E-state index in [0.29, 0.717) is 0 Å². The van der Waals surface area contributed by atoms with Crippen LogP contribution >= 0.6 is 11.8 Å². The average molecular weight is 197 g/mol. The van der Waals surface area contributed by atoms with Crippen molar-refractivity contribution in [3.63, 3.8) is 0 Å². The maximum absolute atomic E-state index is 5.09. The highest BCUT2D eigenvalue weighted by molar-refractivity contribution is 8.05. The molecular formula is C9H15N3S. The Morgan fingerprint density at radius 3 is 3.23 bits per heavy atom. The van der Waals surface area contributed by atoms with Crippen LogP contribution in [0.25, 0.3) is 0 Å². The van der Waals surface area contributed by atoms with E-state index in [0.717, 1.165) is 25.2 Å². The minimum absolute atomic E-state index is 0.789. The number of rotatable bonds is 3. The van der Waals surface area contributed by atoms with Crippen molar-refractivity contribution in [2.75, 3.05) is 6.54 Å². The Balaban J connectivity index is 2.16. The number of nitrogens with two attached hydrogens (primary N) is 1. The van der Waals surface area contributed by atoms with Gasteiger partial charge < -0.3 is 11.2 Å². The first-order chi connectivity index (χ1) is 6.33. The Morgan fingerprint density at radius 1 is 1.77 bits per heavy atom. The van der Waals surface area contributed by atoms with Crippen LogP contribution in [0.1, 0.15) is 19.8 Å². The number of thioether (sulfide) groups is 1. The van der Waals surface area contributed by atoms with Gasteiger partial charge in [0.05, 0.1) is 0 Å². The standard InChI is InChI=1S/C9H15N3S/c1-8(12-10)11-6-5-9-4-2-3-7-13-9/h3-4,7H,2,5-6,10H2,1H3,(H,11,12). The molecule has 0 aliphatic carbocycles. The largest absolute Gasteiger partial charge is 0.372 e. The summed E-state index contributed by atoms with van der Waals surface area (Å²) >= 11 is 1.79. The smallest absolute Gasteiger partial charge is 0.118 e. The van der Waals surface area contributed by atoms with Gasteiger partial charge in [0, 0.05) is 6.54 Å². The lowest BCUT2D eigenvalue weighted by Gasteiger charge is -2.08. The Hall–Kier alpha value is -0.900. The second kappa shape index (κ2) is 5.70. The topological polar surface area (TPSA) is 50.4 Å². The van der Waals surface area contributed by atoms with Gasteiger partial charge in [-0.1, -0.05) is 12.2 Å². The van der Waals surface area contributed by atoms with Crippen LogP contribution in [-0.2, 0) is 0 Å². The first-order valence-corrected chi connectivity index (χ1v) is 5.20. The van der Waals surface area contributed by atoms with Gasteiger partial charge in [-0.25, -0.2) is 0 Å². The van der Waals surface area contributed by atoms with E-state index in [1.54, 1.807) is 11.8 Å². The number of hydrogen-bond donors (Lipinski definition) is 2. The van der Waals surface area contributed by atoms with E-state index in [-0.39, 0.29) is 0 Å². The highest BCUT2D eigenvalue weighted by Crippen LogP contribution is 2.24. The fourth-order valence-corrected chi connectivity index (χ4v) is 1.81. The molecule has 1 heterocycles. The van der Waals surface area contributed by atoms with Crippen molar-refractivity contribution in [2.24, 2.45) is 10.9 Å². The molecule has 0 aromatic heterocycles. The second-order valence-corrected chi connectivity index (χ2v) is 3.82. The molecule has 0 bridgehead atoms. The molecule has 0 unspecified atom stereocenters. The molecule has 0 saturated carbocycles. The lowest BCUT2D eigenvalue weighted by molar-refractivity contribution is 0.869. The SMILES string of the molecule is C/C(=N\N)NCCC1=CCC=CS1. The molecule has 1 aliphatic heterocycles. The van der Waals surface area contributed by atoms with Gasteiger partial charge in [-0.3, -0.25) is 0 Å². The molecule has 0 fully saturated rings. The van der Waals surface area contributed by atoms with Crippen LogP contribution in [-0.4, -0.2) is 12.4 Å². The molecule has 0 aromatic carbocycles. The Kier molecular flexibility index (Phi) is 4.46. The van der Waals surface area contributed by atoms with E-state index in [1.165, 1.54) is 4.91 Å². The second-order valence-electron chi connectivity index (χ2n) is 2.79. The highest BCUT2D eigenvalue weighted by Gasteiger charge is 1.99. The monoisotopic (exact) mass is 197 g/mol. The zero-order valence-electron chi connectivity index (χ0n) is 7.79. The van der Waals surface area contributed by atoms with Crippen LogP contribution in [0.2, 0.25) is 0 Å². The highest BCUT2D eigenvalue weighted by atomic mass is 32.2. The van der Waals surface area contributed by atoms with Gasteiger partial charge in [-0.2, -0.15) is 5.10 Å². The summed E-state index contributed by atoms with van der Waals surface area (Å²) in [6.07, 6.45) is 6.52. The molecular weight excluding hydrogens is 182 g/mol. The summed E-state index contributed by atoms with van der Waals surface area (Å²) in [4.78, 5) is 1.42. The number of nitrogens with one attached hydrogen (secondary N) is 1. The number of amidine groups is 1. The number of nitrogens with zero attached hydrogens (tertiary/aromatic N) is 1. The summed E-state index contributed by atoms with van der Waals surface area (Å²) in [5, 5.41) is 8.80. The summed E-state index contributed by atoms with van der Waals surface area (Å²) in [7, 11) is 0. The lowest BCUT2D eigenvalue weighted by atomic mass is 10.3. The number of hydrogen-bond acceptors (Lipinski definition) is 3. The van der Waals surface area contributed by atoms with Gasteiger partial charge in [0.25, 0.3) is 0 Å². The molecule has 0 atom stereocenters. The maximum atomic E-state index is 5.09. The van der Waals surface area contributed by atoms with Crippen molar-refractivity contribution in [3.8, 4) is 0 Å². The van der Waals surface area contributed by atoms with Crippen molar-refractivity contribution in [3.05, 3.63) is 22.5 Å². The first-order valence-electron chi connectivity index (χ1n) is 4.32. The molecule has 3 N–H and O–H groups in total. The molecule has 0 saturated heterocycles. The van der Waals surface area contributed by atoms with Crippen LogP contribution in [0.3, 0.4) is 0 Å². The van der Waals surface area contributed by atoms with Crippen molar-refractivity contribution >= 4 is 17.6 Å². The molecule has 0 radical (unpaired) electrons. The van der Waals surface area contributed by atoms with Gasteiger partial charge in [-0.15, -0.1) is 11.8 Å². The first kappa shape index (κ1) is 10.2. The third-order valence-electron chi connectivity index (χ3n) is 1.74. The summed E-state index contributed by atoms with van der Waals surface area (Å²) in [6.45, 7) is 2.77. The van der Waals surface area contributed by atoms with Crippen LogP contribution in [0, 0.1) is 0 Å². The minimum atomic E-state index is 0.789. The molecule has 1 aliphatic rings. The molecule has 3 nitrogen and oxygen atoms in total. The van der Waals surface area contributed by atoms with Crippen LogP contribution in [0.4, 0.5) is 0 Å². The molecule has 72 valence electrons. The molecule has 13 heavy (non-hydrogen) atoms. The third-order valence-corrected chi connectivity index (χ3v) is 2.75. The van der Waals surface area contributed by atoms with E-state index >= 15 is 0 Å². The maximum Gasteiger partial charge on any atom is 0.118 e. The van der Waals surface area contributed by atoms with E-state index in [4.69, 9.17) is 5.84 Å². The Morgan fingerprint density at radius 2 is 2.62 bits per heavy atom. The lowest BCUT2D eigenvalue weighted by Crippen LogP contribution is -2.22. The van der Waals surface area contributed by atoms with Gasteiger partial charge in [0.1, 0.15) is 5.84 Å². The van der Waals surface area contributed by atoms with E-state index < -0.39 is 0 Å². The zero-order chi connectivity index (χ0) is 9.52. The summed E-state index contributed by atoms with van der Waals surface area (Å²) in [5.41, 5.74) is 0. The number of hydrazone groups is 1. The summed E-state index contributed by atoms with van der Waals surface area (Å²) in [6, 6.07) is 0. The van der Waals surface area contributed by atoms with Gasteiger partial charge in [-0.05, 0) is 30.1 Å². The van der Waals surface area contributed by atoms with Crippen molar-refractivity contribution in [1.82, 2.24) is 5.32 Å². The quantitative estimate of drug-likeness (QED) is 0.314. The van der Waals surface area contributed by atoms with Crippen LogP contribution in [0.5, 0.6) is 0 Å². The number of allylic oxidation sites excluding steroid dienone is 2. The molecule has 0 spiro atoms. The minimum Gasteiger partial charge on any atom is -0.372 e. The van der Waals surface area contributed by atoms with Gasteiger partial charge in [0.15, 0.2) is 0 Å². The normalized spacial score (nSPS) is 17.0. The van der Waals surface area contributed by atoms with Crippen molar-refractivity contribution in [1.29, 1.82) is 0 Å². The fourth-order valence-electron chi connectivity index (χ4n) is 1.01. The molecule has 1 rings (SSSR count). The predicted octanol–water partition coefficient (Wildman–Crippen LogP) is 1.79. The fraction of sp³-hybridized carbons (Fsp3) is 0.444. The van der Waals surface area contributed by atoms with Crippen molar-refractivity contribution < 1.29 is 0 Å². The summed E-state index contributed by atoms with van der Waals surface area (Å²) < 4.78 is 0. The van der Waals surface area contributed by atoms with E-state index in [2.05, 4.69) is 28.0 Å². The molecule has 4 heteroatoms. The Labute approximate surface area is 83.2 Å². The Bertz CT molecular complexity index is 243. The van der Waals surface area contributed by atoms with Crippen molar-refractivity contribution in [2.45, 2.75) is 19.8 Å². The average Bonchev–Trinajstić information content (AvgIpc) is 2.19. The third kappa shape index (κ3) is 4.03. The van der Waals surface area contributed by atoms with Crippen LogP contribution < -0.4 is 11.2 Å². The van der Waals surface area contributed by atoms with Crippen LogP contribution in [0.15, 0.2) is 27.6 Å². The molecule has 0 amide bonds. The van der Waals surface area contributed by atoms with E-state index in [9.17, 15) is 0 Å². The predicted molar refractivity (Wildman–Crippen MR) is 59.3 cm³/mol. The van der Waals surface area contributed by atoms with E-state index in [1.807, 2.05) is 6.92 Å². The summed E-state index contributed by atoms with van der Waals surface area (Å²) in [5.74, 6) is 5.87. The van der Waals surface area contributed by atoms with Gasteiger partial charge in [0.2, 0.25) is 0 Å². The molecule has 0 aromatic rings. The zero-order valence-corrected chi connectivity index (χ0v) is 8.60.